The highest BCUT2D eigenvalue weighted by atomic mass is 32.2. The van der Waals surface area contributed by atoms with Gasteiger partial charge in [-0.3, -0.25) is 9.69 Å². The van der Waals surface area contributed by atoms with E-state index in [4.69, 9.17) is 0 Å². The molecule has 1 aliphatic carbocycles. The molecule has 1 aromatic rings. The number of hydrogen-bond donors (Lipinski definition) is 0. The highest BCUT2D eigenvalue weighted by Gasteiger charge is 2.37. The van der Waals surface area contributed by atoms with Gasteiger partial charge in [-0.25, -0.2) is 16.8 Å². The first kappa shape index (κ1) is 23.3. The van der Waals surface area contributed by atoms with Crippen LogP contribution in [0.1, 0.15) is 36.8 Å². The van der Waals surface area contributed by atoms with Crippen molar-refractivity contribution in [3.05, 3.63) is 29.3 Å². The van der Waals surface area contributed by atoms with E-state index in [0.29, 0.717) is 37.5 Å². The summed E-state index contributed by atoms with van der Waals surface area (Å²) in [5.74, 6) is 0.573. The molecule has 3 aliphatic heterocycles. The normalized spacial score (nSPS) is 27.0. The van der Waals surface area contributed by atoms with Crippen molar-refractivity contribution in [1.29, 1.82) is 0 Å². The molecule has 4 aliphatic rings. The summed E-state index contributed by atoms with van der Waals surface area (Å²) in [5, 5.41) is 0. The number of benzene rings is 1. The van der Waals surface area contributed by atoms with Crippen molar-refractivity contribution in [3.63, 3.8) is 0 Å². The Kier molecular flexibility index (Phi) is 6.30. The Labute approximate surface area is 196 Å². The van der Waals surface area contributed by atoms with Crippen molar-refractivity contribution in [1.82, 2.24) is 14.1 Å². The maximum atomic E-state index is 13.1. The van der Waals surface area contributed by atoms with Gasteiger partial charge in [0.2, 0.25) is 15.9 Å². The van der Waals surface area contributed by atoms with Crippen LogP contribution in [0.3, 0.4) is 0 Å². The van der Waals surface area contributed by atoms with Crippen LogP contribution in [0.4, 0.5) is 0 Å². The number of sulfonamides is 1. The van der Waals surface area contributed by atoms with Gasteiger partial charge in [0, 0.05) is 38.1 Å². The van der Waals surface area contributed by atoms with E-state index in [1.165, 1.54) is 9.87 Å². The second-order valence-electron chi connectivity index (χ2n) is 9.88. The summed E-state index contributed by atoms with van der Waals surface area (Å²) in [4.78, 5) is 17.5. The van der Waals surface area contributed by atoms with Crippen LogP contribution in [0.2, 0.25) is 0 Å². The van der Waals surface area contributed by atoms with Gasteiger partial charge in [0.25, 0.3) is 0 Å². The lowest BCUT2D eigenvalue weighted by molar-refractivity contribution is -0.138. The smallest absolute Gasteiger partial charge is 0.243 e. The van der Waals surface area contributed by atoms with Gasteiger partial charge in [-0.2, -0.15) is 4.31 Å². The summed E-state index contributed by atoms with van der Waals surface area (Å²) in [6.07, 6.45) is 5.22. The molecule has 3 heterocycles. The summed E-state index contributed by atoms with van der Waals surface area (Å²) in [6.45, 7) is 2.99. The molecule has 0 spiro atoms. The van der Waals surface area contributed by atoms with Crippen LogP contribution in [0, 0.1) is 5.92 Å². The number of carbonyl (C=O) groups excluding carboxylic acids is 1. The zero-order chi connectivity index (χ0) is 23.2. The van der Waals surface area contributed by atoms with Crippen molar-refractivity contribution in [3.8, 4) is 0 Å². The van der Waals surface area contributed by atoms with Crippen LogP contribution < -0.4 is 0 Å². The first-order valence-electron chi connectivity index (χ1n) is 12.1. The summed E-state index contributed by atoms with van der Waals surface area (Å²) in [7, 11) is -6.45. The first-order chi connectivity index (χ1) is 15.7. The fraction of sp³-hybridized carbons (Fsp3) is 0.696. The molecule has 33 heavy (non-hydrogen) atoms. The maximum Gasteiger partial charge on any atom is 0.243 e. The minimum Gasteiger partial charge on any atom is -0.340 e. The number of piperidine rings is 1. The van der Waals surface area contributed by atoms with Crippen molar-refractivity contribution in [2.45, 2.75) is 49.5 Å². The van der Waals surface area contributed by atoms with E-state index < -0.39 is 19.9 Å². The van der Waals surface area contributed by atoms with Crippen LogP contribution in [-0.2, 0) is 37.5 Å². The molecule has 1 atom stereocenters. The standard InChI is InChI=1S/C23H33N3O5S2/c27-23(19-6-9-24(10-7-19)21-8-15-32(28,29)17-21)25-11-13-26(14-12-25)33(30,31)22-5-4-18-2-1-3-20(18)16-22/h4-5,16,19,21H,1-3,6-15,17H2/t21-/m0/s1. The minimum absolute atomic E-state index is 0.0564. The Morgan fingerprint density at radius 2 is 1.61 bits per heavy atom. The molecule has 3 saturated heterocycles. The molecule has 0 radical (unpaired) electrons. The van der Waals surface area contributed by atoms with Gasteiger partial charge in [-0.05, 0) is 74.9 Å². The number of fused-ring (bicyclic) bond motifs is 1. The number of likely N-dealkylation sites (tertiary alicyclic amines) is 1. The lowest BCUT2D eigenvalue weighted by Gasteiger charge is -2.39. The predicted molar refractivity (Wildman–Crippen MR) is 125 cm³/mol. The second kappa shape index (κ2) is 8.94. The molecule has 0 saturated carbocycles. The fourth-order valence-electron chi connectivity index (χ4n) is 5.84. The highest BCUT2D eigenvalue weighted by Crippen LogP contribution is 2.28. The zero-order valence-electron chi connectivity index (χ0n) is 19.0. The third-order valence-electron chi connectivity index (χ3n) is 7.86. The van der Waals surface area contributed by atoms with Gasteiger partial charge in [0.05, 0.1) is 16.4 Å². The molecule has 10 heteroatoms. The number of carbonyl (C=O) groups is 1. The lowest BCUT2D eigenvalue weighted by Crippen LogP contribution is -2.53. The third-order valence-corrected chi connectivity index (χ3v) is 11.5. The van der Waals surface area contributed by atoms with Gasteiger partial charge < -0.3 is 4.90 Å². The molecule has 0 unspecified atom stereocenters. The van der Waals surface area contributed by atoms with Gasteiger partial charge in [-0.15, -0.1) is 0 Å². The van der Waals surface area contributed by atoms with E-state index >= 15 is 0 Å². The average molecular weight is 496 g/mol. The van der Waals surface area contributed by atoms with Crippen molar-refractivity contribution >= 4 is 25.8 Å². The van der Waals surface area contributed by atoms with Crippen molar-refractivity contribution in [2.24, 2.45) is 5.92 Å². The first-order valence-corrected chi connectivity index (χ1v) is 15.3. The molecular formula is C23H33N3O5S2. The Balaban J connectivity index is 1.14. The molecule has 182 valence electrons. The lowest BCUT2D eigenvalue weighted by atomic mass is 9.94. The summed E-state index contributed by atoms with van der Waals surface area (Å²) in [6, 6.07) is 5.60. The molecule has 1 amide bonds. The molecule has 0 bridgehead atoms. The molecule has 8 nitrogen and oxygen atoms in total. The highest BCUT2D eigenvalue weighted by molar-refractivity contribution is 7.91. The van der Waals surface area contributed by atoms with E-state index in [0.717, 1.165) is 50.8 Å². The van der Waals surface area contributed by atoms with Crippen LogP contribution in [0.5, 0.6) is 0 Å². The Morgan fingerprint density at radius 3 is 2.27 bits per heavy atom. The SMILES string of the molecule is O=C(C1CCN([C@H]2CCS(=O)(=O)C2)CC1)N1CCN(S(=O)(=O)c2ccc3c(c2)CCC3)CC1. The van der Waals surface area contributed by atoms with Crippen LogP contribution >= 0.6 is 0 Å². The van der Waals surface area contributed by atoms with Crippen LogP contribution in [0.25, 0.3) is 0 Å². The van der Waals surface area contributed by atoms with E-state index in [1.54, 1.807) is 6.07 Å². The van der Waals surface area contributed by atoms with Crippen molar-refractivity contribution in [2.75, 3.05) is 50.8 Å². The van der Waals surface area contributed by atoms with E-state index in [-0.39, 0.29) is 29.4 Å². The van der Waals surface area contributed by atoms with Gasteiger partial charge in [0.15, 0.2) is 9.84 Å². The van der Waals surface area contributed by atoms with Crippen molar-refractivity contribution < 1.29 is 21.6 Å². The number of rotatable bonds is 4. The molecular weight excluding hydrogens is 462 g/mol. The Hall–Kier alpha value is -1.49. The molecule has 0 N–H and O–H groups in total. The van der Waals surface area contributed by atoms with E-state index in [2.05, 4.69) is 4.90 Å². The van der Waals surface area contributed by atoms with E-state index in [9.17, 15) is 21.6 Å². The fourth-order valence-corrected chi connectivity index (χ4v) is 9.07. The molecule has 0 aromatic heterocycles. The average Bonchev–Trinajstić information content (AvgIpc) is 3.44. The Bertz CT molecular complexity index is 1120. The topological polar surface area (TPSA) is 95.1 Å². The summed E-state index contributed by atoms with van der Waals surface area (Å²) < 4.78 is 51.3. The predicted octanol–water partition coefficient (Wildman–Crippen LogP) is 0.907. The molecule has 1 aromatic carbocycles. The Morgan fingerprint density at radius 1 is 0.909 bits per heavy atom. The molecule has 3 fully saturated rings. The van der Waals surface area contributed by atoms with Gasteiger partial charge >= 0.3 is 0 Å². The molecule has 5 rings (SSSR count). The van der Waals surface area contributed by atoms with Gasteiger partial charge in [-0.1, -0.05) is 6.07 Å². The second-order valence-corrected chi connectivity index (χ2v) is 14.0. The minimum atomic E-state index is -3.54. The van der Waals surface area contributed by atoms with Gasteiger partial charge in [0.1, 0.15) is 0 Å². The summed E-state index contributed by atoms with van der Waals surface area (Å²) >= 11 is 0. The zero-order valence-corrected chi connectivity index (χ0v) is 20.6. The number of amides is 1. The number of aryl methyl sites for hydroxylation is 2. The van der Waals surface area contributed by atoms with Crippen LogP contribution in [0.15, 0.2) is 23.1 Å². The maximum absolute atomic E-state index is 13.1. The quantitative estimate of drug-likeness (QED) is 0.616. The number of sulfone groups is 1. The largest absolute Gasteiger partial charge is 0.340 e. The number of nitrogens with zero attached hydrogens (tertiary/aromatic N) is 3. The number of hydrogen-bond acceptors (Lipinski definition) is 6. The monoisotopic (exact) mass is 495 g/mol. The van der Waals surface area contributed by atoms with Crippen LogP contribution in [-0.4, -0.2) is 93.7 Å². The summed E-state index contributed by atoms with van der Waals surface area (Å²) in [5.41, 5.74) is 2.40. The van der Waals surface area contributed by atoms with E-state index in [1.807, 2.05) is 17.0 Å². The third kappa shape index (κ3) is 4.72. The number of piperazine rings is 1.